The van der Waals surface area contributed by atoms with E-state index in [0.717, 1.165) is 0 Å². The van der Waals surface area contributed by atoms with E-state index < -0.39 is 0 Å². The molecule has 0 aliphatic heterocycles. The van der Waals surface area contributed by atoms with Gasteiger partial charge in [-0.2, -0.15) is 0 Å². The molecule has 2 radical (unpaired) electrons. The van der Waals surface area contributed by atoms with Crippen LogP contribution in [-0.4, -0.2) is 64.3 Å². The Morgan fingerprint density at radius 2 is 1.25 bits per heavy atom. The van der Waals surface area contributed by atoms with Crippen LogP contribution in [0.25, 0.3) is 0 Å². The van der Waals surface area contributed by atoms with Crippen LogP contribution in [0.4, 0.5) is 0 Å². The van der Waals surface area contributed by atoms with E-state index >= 15 is 0 Å². The van der Waals surface area contributed by atoms with Gasteiger partial charge in [-0.15, -0.1) is 0 Å². The predicted octanol–water partition coefficient (Wildman–Crippen LogP) is -2.16. The predicted molar refractivity (Wildman–Crippen MR) is 31.5 cm³/mol. The molecule has 0 spiro atoms. The summed E-state index contributed by atoms with van der Waals surface area (Å²) in [6, 6.07) is 0. The van der Waals surface area contributed by atoms with Crippen LogP contribution in [0.15, 0.2) is 0 Å². The molecule has 4 heavy (non-hydrogen) atoms. The summed E-state index contributed by atoms with van der Waals surface area (Å²) in [4.78, 5) is 2.01. The van der Waals surface area contributed by atoms with Crippen molar-refractivity contribution >= 4 is 64.3 Å². The second kappa shape index (κ2) is 19.2. The van der Waals surface area contributed by atoms with E-state index in [-0.39, 0.29) is 42.0 Å². The first-order chi connectivity index (χ1) is 1.00. The summed E-state index contributed by atoms with van der Waals surface area (Å²) in [6.07, 6.45) is 0. The van der Waals surface area contributed by atoms with Crippen molar-refractivity contribution in [2.24, 2.45) is 0 Å². The van der Waals surface area contributed by atoms with Crippen molar-refractivity contribution in [2.75, 3.05) is 0 Å². The Kier molecular flexibility index (Phi) is 78.8. The molecule has 0 aromatic heterocycles. The van der Waals surface area contributed by atoms with Crippen molar-refractivity contribution in [1.82, 2.24) is 0 Å². The van der Waals surface area contributed by atoms with E-state index in [4.69, 9.17) is 0 Å². The molecule has 0 amide bonds. The minimum atomic E-state index is 0. The first kappa shape index (κ1) is 16.4. The van der Waals surface area contributed by atoms with Crippen LogP contribution in [0.2, 0.25) is 4.97 Å². The summed E-state index contributed by atoms with van der Waals surface area (Å²) in [5.74, 6) is 0. The Hall–Kier alpha value is 2.15. The molecule has 0 bridgehead atoms. The second-order valence-electron chi connectivity index (χ2n) is 0. The van der Waals surface area contributed by atoms with Gasteiger partial charge in [0.15, 0.2) is 0 Å². The van der Waals surface area contributed by atoms with Gasteiger partial charge in [0.25, 0.3) is 0 Å². The Balaban J connectivity index is -0.00000000500. The zero-order valence-corrected chi connectivity index (χ0v) is 7.61. The van der Waals surface area contributed by atoms with Crippen LogP contribution >= 0.6 is 0 Å². The van der Waals surface area contributed by atoms with Crippen LogP contribution < -0.4 is 0 Å². The zero-order chi connectivity index (χ0) is 2.00. The van der Waals surface area contributed by atoms with Crippen molar-refractivity contribution in [3.05, 3.63) is 0 Å². The summed E-state index contributed by atoms with van der Waals surface area (Å²) in [7, 11) is 0. The molecule has 0 aromatic rings. The Morgan fingerprint density at radius 1 is 1.25 bits per heavy atom. The molecule has 0 atom stereocenters. The molecule has 0 unspecified atom stereocenters. The molecule has 0 rings (SSSR count). The number of hydrogen-bond acceptors (Lipinski definition) is 0. The van der Waals surface area contributed by atoms with Gasteiger partial charge in [-0.25, -0.2) is 0 Å². The first-order valence-electron chi connectivity index (χ1n) is 0.408. The maximum atomic E-state index is 2.01. The Bertz CT molecular complexity index is 8.00. The molecule has 0 saturated heterocycles. The monoisotopic (exact) mass is 346 g/mol. The first-order valence-corrected chi connectivity index (χ1v) is 2.74. The Labute approximate surface area is 68.4 Å². The van der Waals surface area contributed by atoms with Gasteiger partial charge >= 0.3 is 69.3 Å². The second-order valence-corrected chi connectivity index (χ2v) is 0. The van der Waals surface area contributed by atoms with Gasteiger partial charge in [0, 0.05) is 0 Å². The van der Waals surface area contributed by atoms with Crippen molar-refractivity contribution in [3.63, 3.8) is 0 Å². The fourth-order valence-electron chi connectivity index (χ4n) is 0. The minimum absolute atomic E-state index is 0. The van der Waals surface area contributed by atoms with Crippen LogP contribution in [0, 0.1) is 0 Å². The van der Waals surface area contributed by atoms with Gasteiger partial charge in [-0.05, 0) is 0 Å². The maximum absolute atomic E-state index is 2.01. The van der Waals surface area contributed by atoms with E-state index in [0.29, 0.717) is 0 Å². The summed E-state index contributed by atoms with van der Waals surface area (Å²) in [5, 5.41) is 0. The third kappa shape index (κ3) is 8.91. The van der Waals surface area contributed by atoms with E-state index in [1.54, 1.807) is 0 Å². The molecule has 0 aromatic carbocycles. The molecule has 0 saturated carbocycles. The molecule has 0 aliphatic rings. The summed E-state index contributed by atoms with van der Waals surface area (Å²) < 4.78 is 0. The van der Waals surface area contributed by atoms with Crippen molar-refractivity contribution < 1.29 is 0 Å². The Morgan fingerprint density at radius 3 is 1.25 bits per heavy atom. The molecular weight excluding hydrogens is 334 g/mol. The topological polar surface area (TPSA) is 0 Å². The van der Waals surface area contributed by atoms with Gasteiger partial charge in [0.2, 0.25) is 0 Å². The fourth-order valence-corrected chi connectivity index (χ4v) is 0. The van der Waals surface area contributed by atoms with Crippen LogP contribution in [-0.2, 0) is 0 Å². The molecule has 0 aliphatic carbocycles. The SMILES string of the molecule is C[Te].[GeH4].[SbH2]. The molecule has 0 N–H and O–H groups in total. The van der Waals surface area contributed by atoms with E-state index in [2.05, 4.69) is 0 Å². The van der Waals surface area contributed by atoms with E-state index in [9.17, 15) is 0 Å². The summed E-state index contributed by atoms with van der Waals surface area (Å²) in [5.41, 5.74) is 0. The van der Waals surface area contributed by atoms with Gasteiger partial charge in [-0.3, -0.25) is 0 Å². The number of rotatable bonds is 0. The summed E-state index contributed by atoms with van der Waals surface area (Å²) >= 11 is 1.95. The quantitative estimate of drug-likeness (QED) is 0.440. The standard InChI is InChI=1S/CH3Te.GeH4.Sb.2H/c1-2;;;;/h1H3;1H4;;;. The summed E-state index contributed by atoms with van der Waals surface area (Å²) in [6.45, 7) is 0. The van der Waals surface area contributed by atoms with Gasteiger partial charge in [0.05, 0.1) is 0 Å². The van der Waals surface area contributed by atoms with E-state index in [1.807, 2.05) is 27.3 Å². The normalized spacial score (nSPS) is 1.50. The molecular formula is CH9GeSbTe. The van der Waals surface area contributed by atoms with Crippen molar-refractivity contribution in [1.29, 1.82) is 0 Å². The van der Waals surface area contributed by atoms with Gasteiger partial charge in [-0.1, -0.05) is 0 Å². The average molecular weight is 343 g/mol. The average Bonchev–Trinajstić information content (AvgIpc) is 1.00. The van der Waals surface area contributed by atoms with Gasteiger partial charge < -0.3 is 0 Å². The fraction of sp³-hybridized carbons (Fsp3) is 1.00. The molecule has 0 heterocycles. The van der Waals surface area contributed by atoms with Crippen LogP contribution in [0.3, 0.4) is 0 Å². The van der Waals surface area contributed by atoms with Crippen molar-refractivity contribution in [2.45, 2.75) is 4.97 Å². The van der Waals surface area contributed by atoms with Crippen LogP contribution in [0.1, 0.15) is 0 Å². The number of hydrogen-bond donors (Lipinski definition) is 0. The van der Waals surface area contributed by atoms with Crippen molar-refractivity contribution in [3.8, 4) is 0 Å². The third-order valence-electron chi connectivity index (χ3n) is 0. The van der Waals surface area contributed by atoms with Gasteiger partial charge in [0.1, 0.15) is 0 Å². The molecule has 0 nitrogen and oxygen atoms in total. The molecule has 3 heteroatoms. The third-order valence-corrected chi connectivity index (χ3v) is 0. The van der Waals surface area contributed by atoms with E-state index in [1.165, 1.54) is 0 Å². The van der Waals surface area contributed by atoms with Crippen LogP contribution in [0.5, 0.6) is 0 Å². The molecule has 28 valence electrons. The molecule has 0 fully saturated rings. The zero-order valence-electron chi connectivity index (χ0n) is 1.99.